The Kier molecular flexibility index (Phi) is 6.69. The molecule has 1 amide bonds. The molecule has 0 saturated heterocycles. The van der Waals surface area contributed by atoms with Gasteiger partial charge in [0.05, 0.1) is 11.3 Å². The SMILES string of the molecule is Cc1ccc(-c2ccc(C#N)c(SCCC(=O)Nc3ccc(C)c(C)c3)n2)cc1. The van der Waals surface area contributed by atoms with Gasteiger partial charge in [-0.25, -0.2) is 4.98 Å². The van der Waals surface area contributed by atoms with Crippen LogP contribution in [-0.2, 0) is 4.79 Å². The minimum absolute atomic E-state index is 0.0473. The number of aryl methyl sites for hydroxylation is 3. The van der Waals surface area contributed by atoms with Crippen molar-refractivity contribution < 1.29 is 4.79 Å². The van der Waals surface area contributed by atoms with Crippen LogP contribution in [0.15, 0.2) is 59.6 Å². The Hall–Kier alpha value is -3.10. The molecule has 4 nitrogen and oxygen atoms in total. The number of thioether (sulfide) groups is 1. The third-order valence-corrected chi connectivity index (χ3v) is 5.68. The Bertz CT molecular complexity index is 1070. The third-order valence-electron chi connectivity index (χ3n) is 4.69. The first kappa shape index (κ1) is 20.6. The Balaban J connectivity index is 1.64. The van der Waals surface area contributed by atoms with Gasteiger partial charge >= 0.3 is 0 Å². The van der Waals surface area contributed by atoms with Gasteiger partial charge in [0.15, 0.2) is 0 Å². The quantitative estimate of drug-likeness (QED) is 0.541. The van der Waals surface area contributed by atoms with E-state index in [0.29, 0.717) is 22.8 Å². The maximum absolute atomic E-state index is 12.3. The molecule has 0 fully saturated rings. The summed E-state index contributed by atoms with van der Waals surface area (Å²) in [7, 11) is 0. The number of anilines is 1. The number of amides is 1. The summed E-state index contributed by atoms with van der Waals surface area (Å²) in [4.78, 5) is 16.9. The van der Waals surface area contributed by atoms with Crippen LogP contribution >= 0.6 is 11.8 Å². The second kappa shape index (κ2) is 9.40. The molecule has 0 unspecified atom stereocenters. The van der Waals surface area contributed by atoms with Gasteiger partial charge in [0.1, 0.15) is 11.1 Å². The molecule has 0 spiro atoms. The largest absolute Gasteiger partial charge is 0.326 e. The molecule has 2 aromatic carbocycles. The number of carbonyl (C=O) groups is 1. The number of benzene rings is 2. The molecule has 1 heterocycles. The fraction of sp³-hybridized carbons (Fsp3) is 0.208. The molecule has 0 atom stereocenters. The number of aromatic nitrogens is 1. The minimum Gasteiger partial charge on any atom is -0.326 e. The number of pyridine rings is 1. The lowest BCUT2D eigenvalue weighted by Crippen LogP contribution is -2.12. The van der Waals surface area contributed by atoms with Crippen molar-refractivity contribution in [2.24, 2.45) is 0 Å². The van der Waals surface area contributed by atoms with Gasteiger partial charge in [-0.15, -0.1) is 11.8 Å². The molecule has 5 heteroatoms. The van der Waals surface area contributed by atoms with Crippen LogP contribution in [0.1, 0.15) is 28.7 Å². The Morgan fingerprint density at radius 1 is 1.03 bits per heavy atom. The Morgan fingerprint density at radius 2 is 1.79 bits per heavy atom. The highest BCUT2D eigenvalue weighted by molar-refractivity contribution is 7.99. The van der Waals surface area contributed by atoms with E-state index in [9.17, 15) is 10.1 Å². The van der Waals surface area contributed by atoms with Gasteiger partial charge in [-0.1, -0.05) is 35.9 Å². The zero-order valence-corrected chi connectivity index (χ0v) is 17.6. The van der Waals surface area contributed by atoms with Gasteiger partial charge in [-0.2, -0.15) is 5.26 Å². The predicted molar refractivity (Wildman–Crippen MR) is 119 cm³/mol. The van der Waals surface area contributed by atoms with E-state index < -0.39 is 0 Å². The van der Waals surface area contributed by atoms with Crippen molar-refractivity contribution in [3.8, 4) is 17.3 Å². The summed E-state index contributed by atoms with van der Waals surface area (Å²) in [6.07, 6.45) is 0.346. The Morgan fingerprint density at radius 3 is 2.48 bits per heavy atom. The fourth-order valence-electron chi connectivity index (χ4n) is 2.80. The number of nitrogens with one attached hydrogen (secondary N) is 1. The van der Waals surface area contributed by atoms with E-state index in [1.54, 1.807) is 6.07 Å². The van der Waals surface area contributed by atoms with Crippen LogP contribution in [0.25, 0.3) is 11.3 Å². The molecule has 3 aromatic rings. The Labute approximate surface area is 176 Å². The summed E-state index contributed by atoms with van der Waals surface area (Å²) in [5, 5.41) is 13.0. The topological polar surface area (TPSA) is 65.8 Å². The normalized spacial score (nSPS) is 10.4. The lowest BCUT2D eigenvalue weighted by atomic mass is 10.1. The van der Waals surface area contributed by atoms with Crippen molar-refractivity contribution in [2.75, 3.05) is 11.1 Å². The summed E-state index contributed by atoms with van der Waals surface area (Å²) in [5.74, 6) is 0.504. The molecule has 0 aliphatic rings. The van der Waals surface area contributed by atoms with Gasteiger partial charge < -0.3 is 5.32 Å². The average Bonchev–Trinajstić information content (AvgIpc) is 2.71. The summed E-state index contributed by atoms with van der Waals surface area (Å²) in [5.41, 5.74) is 6.70. The van der Waals surface area contributed by atoms with Crippen LogP contribution in [0, 0.1) is 32.1 Å². The molecular formula is C24H23N3OS. The highest BCUT2D eigenvalue weighted by Crippen LogP contribution is 2.26. The second-order valence-electron chi connectivity index (χ2n) is 6.97. The number of hydrogen-bond donors (Lipinski definition) is 1. The second-order valence-corrected chi connectivity index (χ2v) is 8.06. The summed E-state index contributed by atoms with van der Waals surface area (Å²) < 4.78 is 0. The standard InChI is InChI=1S/C24H23N3OS/c1-16-4-7-19(8-5-16)22-11-9-20(15-25)24(27-22)29-13-12-23(28)26-21-10-6-17(2)18(3)14-21/h4-11,14H,12-13H2,1-3H3,(H,26,28). The molecule has 0 radical (unpaired) electrons. The monoisotopic (exact) mass is 401 g/mol. The number of nitrogens with zero attached hydrogens (tertiary/aromatic N) is 2. The third kappa shape index (κ3) is 5.46. The fourth-order valence-corrected chi connectivity index (χ4v) is 3.72. The maximum atomic E-state index is 12.3. The van der Waals surface area contributed by atoms with Gasteiger partial charge in [0.2, 0.25) is 5.91 Å². The molecule has 0 bridgehead atoms. The van der Waals surface area contributed by atoms with Crippen LogP contribution < -0.4 is 5.32 Å². The van der Waals surface area contributed by atoms with Crippen molar-refractivity contribution in [1.29, 1.82) is 5.26 Å². The average molecular weight is 402 g/mol. The van der Waals surface area contributed by atoms with E-state index in [2.05, 4.69) is 16.4 Å². The van der Waals surface area contributed by atoms with E-state index in [0.717, 1.165) is 22.5 Å². The summed E-state index contributed by atoms with van der Waals surface area (Å²) >= 11 is 1.43. The van der Waals surface area contributed by atoms with E-state index >= 15 is 0 Å². The van der Waals surface area contributed by atoms with Crippen molar-refractivity contribution in [1.82, 2.24) is 4.98 Å². The van der Waals surface area contributed by atoms with E-state index in [4.69, 9.17) is 0 Å². The molecule has 1 N–H and O–H groups in total. The van der Waals surface area contributed by atoms with Gasteiger partial charge in [-0.05, 0) is 56.2 Å². The first-order chi connectivity index (χ1) is 14.0. The zero-order chi connectivity index (χ0) is 20.8. The predicted octanol–water partition coefficient (Wildman–Crippen LogP) is 5.67. The van der Waals surface area contributed by atoms with Gasteiger partial charge in [-0.3, -0.25) is 4.79 Å². The summed E-state index contributed by atoms with van der Waals surface area (Å²) in [6, 6.07) is 19.9. The van der Waals surface area contributed by atoms with Crippen molar-refractivity contribution in [3.63, 3.8) is 0 Å². The number of nitriles is 1. The van der Waals surface area contributed by atoms with Crippen LogP contribution in [0.3, 0.4) is 0 Å². The minimum atomic E-state index is -0.0473. The first-order valence-electron chi connectivity index (χ1n) is 9.44. The zero-order valence-electron chi connectivity index (χ0n) is 16.8. The van der Waals surface area contributed by atoms with Gasteiger partial charge in [0.25, 0.3) is 0 Å². The summed E-state index contributed by atoms with van der Waals surface area (Å²) in [6.45, 7) is 6.11. The number of carbonyl (C=O) groups excluding carboxylic acids is 1. The molecular weight excluding hydrogens is 378 g/mol. The highest BCUT2D eigenvalue weighted by Gasteiger charge is 2.10. The van der Waals surface area contributed by atoms with Crippen LogP contribution in [0.2, 0.25) is 0 Å². The maximum Gasteiger partial charge on any atom is 0.225 e. The molecule has 0 aliphatic carbocycles. The van der Waals surface area contributed by atoms with Gasteiger partial charge in [0, 0.05) is 23.4 Å². The van der Waals surface area contributed by atoms with Crippen LogP contribution in [0.5, 0.6) is 0 Å². The lowest BCUT2D eigenvalue weighted by Gasteiger charge is -2.09. The van der Waals surface area contributed by atoms with Crippen LogP contribution in [-0.4, -0.2) is 16.6 Å². The highest BCUT2D eigenvalue weighted by atomic mass is 32.2. The number of hydrogen-bond acceptors (Lipinski definition) is 4. The van der Waals surface area contributed by atoms with E-state index in [1.165, 1.54) is 22.9 Å². The molecule has 3 rings (SSSR count). The molecule has 1 aromatic heterocycles. The van der Waals surface area contributed by atoms with Crippen molar-refractivity contribution in [2.45, 2.75) is 32.2 Å². The molecule has 29 heavy (non-hydrogen) atoms. The molecule has 0 aliphatic heterocycles. The van der Waals surface area contributed by atoms with E-state index in [1.807, 2.05) is 69.3 Å². The smallest absolute Gasteiger partial charge is 0.225 e. The van der Waals surface area contributed by atoms with Crippen LogP contribution in [0.4, 0.5) is 5.69 Å². The molecule has 146 valence electrons. The van der Waals surface area contributed by atoms with Crippen molar-refractivity contribution in [3.05, 3.63) is 76.9 Å². The van der Waals surface area contributed by atoms with Crippen molar-refractivity contribution >= 4 is 23.4 Å². The first-order valence-corrected chi connectivity index (χ1v) is 10.4. The number of rotatable bonds is 6. The van der Waals surface area contributed by atoms with E-state index in [-0.39, 0.29) is 5.91 Å². The molecule has 0 saturated carbocycles. The lowest BCUT2D eigenvalue weighted by molar-refractivity contribution is -0.115.